The second-order valence-electron chi connectivity index (χ2n) is 6.79. The molecule has 7 heteroatoms. The van der Waals surface area contributed by atoms with E-state index in [1.54, 1.807) is 0 Å². The number of benzene rings is 1. The first-order chi connectivity index (χ1) is 12.2. The summed E-state index contributed by atoms with van der Waals surface area (Å²) >= 11 is 0. The van der Waals surface area contributed by atoms with Crippen molar-refractivity contribution in [2.24, 2.45) is 11.7 Å². The Labute approximate surface area is 176 Å². The molecule has 2 atom stereocenters. The van der Waals surface area contributed by atoms with Crippen molar-refractivity contribution in [2.75, 3.05) is 32.8 Å². The molecule has 0 spiro atoms. The SMILES string of the molecule is CCN(CC)C(CNC(=O)C(N)C1CCOCC1)Cc1ccccc1.Cl.Cl. The van der Waals surface area contributed by atoms with Crippen LogP contribution in [0.1, 0.15) is 32.3 Å². The first-order valence-corrected chi connectivity index (χ1v) is 9.54. The van der Waals surface area contributed by atoms with Crippen molar-refractivity contribution in [2.45, 2.75) is 45.2 Å². The fourth-order valence-corrected chi connectivity index (χ4v) is 3.58. The van der Waals surface area contributed by atoms with Crippen molar-refractivity contribution < 1.29 is 9.53 Å². The fourth-order valence-electron chi connectivity index (χ4n) is 3.58. The third-order valence-electron chi connectivity index (χ3n) is 5.23. The summed E-state index contributed by atoms with van der Waals surface area (Å²) in [6.45, 7) is 8.32. The largest absolute Gasteiger partial charge is 0.381 e. The quantitative estimate of drug-likeness (QED) is 0.645. The molecule has 1 aliphatic rings. The van der Waals surface area contributed by atoms with Crippen LogP contribution in [0.25, 0.3) is 0 Å². The van der Waals surface area contributed by atoms with Gasteiger partial charge in [0.05, 0.1) is 6.04 Å². The number of nitrogens with zero attached hydrogens (tertiary/aromatic N) is 1. The summed E-state index contributed by atoms with van der Waals surface area (Å²) < 4.78 is 5.36. The fraction of sp³-hybridized carbons (Fsp3) is 0.650. The maximum Gasteiger partial charge on any atom is 0.237 e. The standard InChI is InChI=1S/C20H33N3O2.2ClH/c1-3-23(4-2)18(14-16-8-6-5-7-9-16)15-22-20(24)19(21)17-10-12-25-13-11-17;;/h5-9,17-19H,3-4,10-15,21H2,1-2H3,(H,22,24);2*1H. The van der Waals surface area contributed by atoms with E-state index in [1.165, 1.54) is 5.56 Å². The van der Waals surface area contributed by atoms with E-state index in [-0.39, 0.29) is 42.7 Å². The molecule has 2 rings (SSSR count). The number of nitrogens with one attached hydrogen (secondary N) is 1. The molecule has 0 aliphatic carbocycles. The van der Waals surface area contributed by atoms with Gasteiger partial charge in [0.15, 0.2) is 0 Å². The highest BCUT2D eigenvalue weighted by atomic mass is 35.5. The van der Waals surface area contributed by atoms with Crippen molar-refractivity contribution in [1.29, 1.82) is 0 Å². The third kappa shape index (κ3) is 8.36. The number of amides is 1. The molecule has 1 aliphatic heterocycles. The molecule has 3 N–H and O–H groups in total. The van der Waals surface area contributed by atoms with Crippen LogP contribution in [0.15, 0.2) is 30.3 Å². The zero-order chi connectivity index (χ0) is 18.1. The molecule has 5 nitrogen and oxygen atoms in total. The van der Waals surface area contributed by atoms with Crippen molar-refractivity contribution in [3.8, 4) is 0 Å². The normalized spacial score (nSPS) is 16.7. The zero-order valence-corrected chi connectivity index (χ0v) is 18.1. The Morgan fingerprint density at radius 1 is 1.19 bits per heavy atom. The molecule has 1 saturated heterocycles. The topological polar surface area (TPSA) is 67.6 Å². The molecular formula is C20H35Cl2N3O2. The highest BCUT2D eigenvalue weighted by molar-refractivity contribution is 5.85. The molecule has 1 amide bonds. The Morgan fingerprint density at radius 2 is 1.78 bits per heavy atom. The zero-order valence-electron chi connectivity index (χ0n) is 16.4. The average Bonchev–Trinajstić information content (AvgIpc) is 2.67. The van der Waals surface area contributed by atoms with Crippen LogP contribution in [0.5, 0.6) is 0 Å². The van der Waals surface area contributed by atoms with E-state index in [0.29, 0.717) is 19.8 Å². The molecule has 1 aromatic carbocycles. The predicted octanol–water partition coefficient (Wildman–Crippen LogP) is 2.65. The van der Waals surface area contributed by atoms with E-state index in [0.717, 1.165) is 32.4 Å². The molecule has 27 heavy (non-hydrogen) atoms. The maximum absolute atomic E-state index is 12.5. The molecule has 1 heterocycles. The lowest BCUT2D eigenvalue weighted by Gasteiger charge is -2.31. The van der Waals surface area contributed by atoms with Gasteiger partial charge in [-0.1, -0.05) is 44.2 Å². The number of hydrogen-bond acceptors (Lipinski definition) is 4. The molecule has 1 fully saturated rings. The van der Waals surface area contributed by atoms with E-state index in [2.05, 4.69) is 48.3 Å². The van der Waals surface area contributed by atoms with E-state index in [1.807, 2.05) is 6.07 Å². The highest BCUT2D eigenvalue weighted by Crippen LogP contribution is 2.17. The molecule has 0 aromatic heterocycles. The van der Waals surface area contributed by atoms with Gasteiger partial charge in [0.1, 0.15) is 0 Å². The van der Waals surface area contributed by atoms with E-state index in [4.69, 9.17) is 10.5 Å². The smallest absolute Gasteiger partial charge is 0.237 e. The molecule has 1 aromatic rings. The number of nitrogens with two attached hydrogens (primary N) is 1. The number of likely N-dealkylation sites (N-methyl/N-ethyl adjacent to an activating group) is 1. The van der Waals surface area contributed by atoms with Gasteiger partial charge in [-0.25, -0.2) is 0 Å². The van der Waals surface area contributed by atoms with E-state index < -0.39 is 6.04 Å². The van der Waals surface area contributed by atoms with Crippen LogP contribution in [0.2, 0.25) is 0 Å². The Kier molecular flexibility index (Phi) is 13.7. The molecule has 0 saturated carbocycles. The van der Waals surface area contributed by atoms with Crippen molar-refractivity contribution in [1.82, 2.24) is 10.2 Å². The Hall–Kier alpha value is -0.850. The van der Waals surface area contributed by atoms with Gasteiger partial charge in [-0.15, -0.1) is 24.8 Å². The van der Waals surface area contributed by atoms with E-state index >= 15 is 0 Å². The van der Waals surface area contributed by atoms with E-state index in [9.17, 15) is 4.79 Å². The second kappa shape index (κ2) is 14.2. The minimum Gasteiger partial charge on any atom is -0.381 e. The molecule has 0 radical (unpaired) electrons. The summed E-state index contributed by atoms with van der Waals surface area (Å²) in [5.41, 5.74) is 7.48. The molecule has 0 bridgehead atoms. The molecular weight excluding hydrogens is 385 g/mol. The molecule has 156 valence electrons. The summed E-state index contributed by atoms with van der Waals surface area (Å²) in [5, 5.41) is 3.10. The Balaban J connectivity index is 0.00000338. The third-order valence-corrected chi connectivity index (χ3v) is 5.23. The van der Waals surface area contributed by atoms with Crippen molar-refractivity contribution in [3.05, 3.63) is 35.9 Å². The van der Waals surface area contributed by atoms with Gasteiger partial charge in [0.25, 0.3) is 0 Å². The Bertz CT molecular complexity index is 509. The van der Waals surface area contributed by atoms with Crippen molar-refractivity contribution >= 4 is 30.7 Å². The minimum absolute atomic E-state index is 0. The van der Waals surface area contributed by atoms with Gasteiger partial charge in [-0.3, -0.25) is 9.69 Å². The van der Waals surface area contributed by atoms with Crippen molar-refractivity contribution in [3.63, 3.8) is 0 Å². The van der Waals surface area contributed by atoms with Crippen LogP contribution in [-0.2, 0) is 16.0 Å². The Morgan fingerprint density at radius 3 is 2.33 bits per heavy atom. The van der Waals surface area contributed by atoms with Gasteiger partial charge in [0.2, 0.25) is 5.91 Å². The maximum atomic E-state index is 12.5. The van der Waals surface area contributed by atoms with Crippen LogP contribution in [0, 0.1) is 5.92 Å². The number of carbonyl (C=O) groups excluding carboxylic acids is 1. The lowest BCUT2D eigenvalue weighted by atomic mass is 9.92. The number of halogens is 2. The van der Waals surface area contributed by atoms with Crippen LogP contribution < -0.4 is 11.1 Å². The first-order valence-electron chi connectivity index (χ1n) is 9.54. The lowest BCUT2D eigenvalue weighted by Crippen LogP contribution is -2.51. The summed E-state index contributed by atoms with van der Waals surface area (Å²) in [7, 11) is 0. The summed E-state index contributed by atoms with van der Waals surface area (Å²) in [6, 6.07) is 10.3. The number of hydrogen-bond donors (Lipinski definition) is 2. The summed E-state index contributed by atoms with van der Waals surface area (Å²) in [4.78, 5) is 14.9. The highest BCUT2D eigenvalue weighted by Gasteiger charge is 2.27. The second-order valence-corrected chi connectivity index (χ2v) is 6.79. The van der Waals surface area contributed by atoms with Crippen LogP contribution in [0.4, 0.5) is 0 Å². The number of rotatable bonds is 9. The van der Waals surface area contributed by atoms with Crippen LogP contribution in [0.3, 0.4) is 0 Å². The summed E-state index contributed by atoms with van der Waals surface area (Å²) in [5.74, 6) is 0.201. The lowest BCUT2D eigenvalue weighted by molar-refractivity contribution is -0.124. The van der Waals surface area contributed by atoms with Gasteiger partial charge in [-0.2, -0.15) is 0 Å². The monoisotopic (exact) mass is 419 g/mol. The van der Waals surface area contributed by atoms with Gasteiger partial charge in [-0.05, 0) is 43.8 Å². The predicted molar refractivity (Wildman–Crippen MR) is 116 cm³/mol. The minimum atomic E-state index is -0.432. The number of carbonyl (C=O) groups is 1. The number of ether oxygens (including phenoxy) is 1. The summed E-state index contributed by atoms with van der Waals surface area (Å²) in [6.07, 6.45) is 2.67. The van der Waals surface area contributed by atoms with Gasteiger partial charge in [0, 0.05) is 25.8 Å². The van der Waals surface area contributed by atoms with Crippen LogP contribution >= 0.6 is 24.8 Å². The first kappa shape index (κ1) is 26.1. The van der Waals surface area contributed by atoms with Gasteiger partial charge < -0.3 is 15.8 Å². The average molecular weight is 420 g/mol. The molecule has 2 unspecified atom stereocenters. The van der Waals surface area contributed by atoms with Crippen LogP contribution in [-0.4, -0.2) is 55.7 Å². The van der Waals surface area contributed by atoms with Gasteiger partial charge >= 0.3 is 0 Å².